The highest BCUT2D eigenvalue weighted by atomic mass is 16.2. The van der Waals surface area contributed by atoms with Crippen LogP contribution in [0.25, 0.3) is 0 Å². The van der Waals surface area contributed by atoms with Crippen LogP contribution in [-0.2, 0) is 11.3 Å². The van der Waals surface area contributed by atoms with E-state index in [1.165, 1.54) is 0 Å². The maximum absolute atomic E-state index is 12.9. The van der Waals surface area contributed by atoms with Crippen LogP contribution < -0.4 is 15.5 Å². The number of carbonyl (C=O) groups excluding carboxylic acids is 2. The number of nitrogens with zero attached hydrogens (tertiary/aromatic N) is 2. The molecule has 2 heterocycles. The van der Waals surface area contributed by atoms with Crippen molar-refractivity contribution < 1.29 is 9.59 Å². The number of nitrogens with one attached hydrogen (secondary N) is 2. The third-order valence-corrected chi connectivity index (χ3v) is 4.66. The Morgan fingerprint density at radius 1 is 1.19 bits per heavy atom. The van der Waals surface area contributed by atoms with E-state index >= 15 is 0 Å². The highest BCUT2D eigenvalue weighted by molar-refractivity contribution is 6.02. The van der Waals surface area contributed by atoms with E-state index in [1.807, 2.05) is 38.1 Å². The van der Waals surface area contributed by atoms with Gasteiger partial charge in [-0.15, -0.1) is 0 Å². The van der Waals surface area contributed by atoms with Gasteiger partial charge in [0.2, 0.25) is 5.91 Å². The quantitative estimate of drug-likeness (QED) is 0.823. The number of benzene rings is 1. The molecule has 6 nitrogen and oxygen atoms in total. The Kier molecular flexibility index (Phi) is 6.06. The predicted octanol–water partition coefficient (Wildman–Crippen LogP) is 3.21. The summed E-state index contributed by atoms with van der Waals surface area (Å²) in [6, 6.07) is 9.34. The number of hydrogen-bond donors (Lipinski definition) is 2. The first kappa shape index (κ1) is 18.9. The number of carbonyl (C=O) groups is 2. The van der Waals surface area contributed by atoms with Crippen molar-refractivity contribution in [2.75, 3.05) is 23.3 Å². The van der Waals surface area contributed by atoms with Gasteiger partial charge in [-0.2, -0.15) is 0 Å². The minimum absolute atomic E-state index is 0.0642. The van der Waals surface area contributed by atoms with Crippen LogP contribution in [-0.4, -0.2) is 29.9 Å². The van der Waals surface area contributed by atoms with Crippen LogP contribution in [0.15, 0.2) is 42.7 Å². The van der Waals surface area contributed by atoms with Crippen LogP contribution in [0.3, 0.4) is 0 Å². The second kappa shape index (κ2) is 8.66. The Morgan fingerprint density at radius 2 is 1.96 bits per heavy atom. The average Bonchev–Trinajstić information content (AvgIpc) is 3.21. The summed E-state index contributed by atoms with van der Waals surface area (Å²) in [5, 5.41) is 5.84. The summed E-state index contributed by atoms with van der Waals surface area (Å²) in [5.41, 5.74) is 3.09. The molecule has 2 aromatic rings. The standard InChI is InChI=1S/C21H26N4O2/c1-15(2)20(26)24-17-7-8-19(25-10-3-4-11-25)18(12-17)21(27)23-14-16-6-5-9-22-13-16/h5-9,12-13,15H,3-4,10-11,14H2,1-2H3,(H,23,27)(H,24,26). The van der Waals surface area contributed by atoms with Crippen molar-refractivity contribution in [3.63, 3.8) is 0 Å². The lowest BCUT2D eigenvalue weighted by Gasteiger charge is -2.22. The molecular formula is C21H26N4O2. The molecule has 3 rings (SSSR count). The molecule has 0 radical (unpaired) electrons. The van der Waals surface area contributed by atoms with Gasteiger partial charge < -0.3 is 15.5 Å². The van der Waals surface area contributed by atoms with Gasteiger partial charge in [0, 0.05) is 49.3 Å². The van der Waals surface area contributed by atoms with Gasteiger partial charge >= 0.3 is 0 Å². The van der Waals surface area contributed by atoms with E-state index in [2.05, 4.69) is 20.5 Å². The fraction of sp³-hybridized carbons (Fsp3) is 0.381. The number of amides is 2. The molecule has 1 aromatic carbocycles. The van der Waals surface area contributed by atoms with Crippen molar-refractivity contribution in [1.29, 1.82) is 0 Å². The van der Waals surface area contributed by atoms with Gasteiger partial charge in [-0.05, 0) is 42.7 Å². The predicted molar refractivity (Wildman–Crippen MR) is 107 cm³/mol. The summed E-state index contributed by atoms with van der Waals surface area (Å²) >= 11 is 0. The molecule has 1 aromatic heterocycles. The van der Waals surface area contributed by atoms with Crippen LogP contribution >= 0.6 is 0 Å². The van der Waals surface area contributed by atoms with E-state index in [4.69, 9.17) is 0 Å². The maximum Gasteiger partial charge on any atom is 0.253 e. The van der Waals surface area contributed by atoms with Crippen molar-refractivity contribution >= 4 is 23.2 Å². The lowest BCUT2D eigenvalue weighted by Crippen LogP contribution is -2.27. The summed E-state index contributed by atoms with van der Waals surface area (Å²) in [4.78, 5) is 31.2. The van der Waals surface area contributed by atoms with Crippen LogP contribution in [0.5, 0.6) is 0 Å². The minimum atomic E-state index is -0.151. The zero-order valence-electron chi connectivity index (χ0n) is 15.9. The SMILES string of the molecule is CC(C)C(=O)Nc1ccc(N2CCCC2)c(C(=O)NCc2cccnc2)c1. The second-order valence-corrected chi connectivity index (χ2v) is 7.11. The van der Waals surface area contributed by atoms with Gasteiger partial charge in [0.15, 0.2) is 0 Å². The minimum Gasteiger partial charge on any atom is -0.371 e. The van der Waals surface area contributed by atoms with E-state index < -0.39 is 0 Å². The first-order chi connectivity index (χ1) is 13.0. The molecule has 1 aliphatic rings. The Bertz CT molecular complexity index is 799. The third kappa shape index (κ3) is 4.84. The number of rotatable bonds is 6. The summed E-state index contributed by atoms with van der Waals surface area (Å²) in [7, 11) is 0. The van der Waals surface area contributed by atoms with Crippen molar-refractivity contribution in [2.45, 2.75) is 33.2 Å². The summed E-state index contributed by atoms with van der Waals surface area (Å²) in [6.45, 7) is 5.99. The van der Waals surface area contributed by atoms with Crippen molar-refractivity contribution in [2.24, 2.45) is 5.92 Å². The number of pyridine rings is 1. The fourth-order valence-electron chi connectivity index (χ4n) is 3.10. The smallest absolute Gasteiger partial charge is 0.253 e. The molecule has 0 unspecified atom stereocenters. The normalized spacial score (nSPS) is 13.7. The Morgan fingerprint density at radius 3 is 2.63 bits per heavy atom. The van der Waals surface area contributed by atoms with E-state index in [9.17, 15) is 9.59 Å². The molecule has 142 valence electrons. The first-order valence-corrected chi connectivity index (χ1v) is 9.41. The summed E-state index contributed by atoms with van der Waals surface area (Å²) in [6.07, 6.45) is 5.70. The molecule has 0 saturated carbocycles. The molecule has 2 N–H and O–H groups in total. The van der Waals surface area contributed by atoms with Crippen LogP contribution in [0.2, 0.25) is 0 Å². The highest BCUT2D eigenvalue weighted by Crippen LogP contribution is 2.28. The molecule has 0 atom stereocenters. The molecule has 0 bridgehead atoms. The molecule has 1 fully saturated rings. The lowest BCUT2D eigenvalue weighted by atomic mass is 10.1. The highest BCUT2D eigenvalue weighted by Gasteiger charge is 2.20. The van der Waals surface area contributed by atoms with Gasteiger partial charge in [0.05, 0.1) is 5.56 Å². The molecule has 0 spiro atoms. The molecular weight excluding hydrogens is 340 g/mol. The van der Waals surface area contributed by atoms with Crippen LogP contribution in [0.4, 0.5) is 11.4 Å². The largest absolute Gasteiger partial charge is 0.371 e. The Hall–Kier alpha value is -2.89. The van der Waals surface area contributed by atoms with Crippen LogP contribution in [0, 0.1) is 5.92 Å². The second-order valence-electron chi connectivity index (χ2n) is 7.11. The molecule has 1 saturated heterocycles. The van der Waals surface area contributed by atoms with Crippen molar-refractivity contribution in [1.82, 2.24) is 10.3 Å². The van der Waals surface area contributed by atoms with Gasteiger partial charge in [0.25, 0.3) is 5.91 Å². The summed E-state index contributed by atoms with van der Waals surface area (Å²) < 4.78 is 0. The van der Waals surface area contributed by atoms with E-state index in [-0.39, 0.29) is 17.7 Å². The zero-order valence-corrected chi connectivity index (χ0v) is 15.9. The number of hydrogen-bond acceptors (Lipinski definition) is 4. The first-order valence-electron chi connectivity index (χ1n) is 9.41. The maximum atomic E-state index is 12.9. The van der Waals surface area contributed by atoms with E-state index in [0.29, 0.717) is 17.8 Å². The Labute approximate surface area is 160 Å². The third-order valence-electron chi connectivity index (χ3n) is 4.66. The van der Waals surface area contributed by atoms with E-state index in [0.717, 1.165) is 37.2 Å². The fourth-order valence-corrected chi connectivity index (χ4v) is 3.10. The molecule has 2 amide bonds. The number of aromatic nitrogens is 1. The van der Waals surface area contributed by atoms with Gasteiger partial charge in [0.1, 0.15) is 0 Å². The molecule has 6 heteroatoms. The Balaban J connectivity index is 1.82. The zero-order chi connectivity index (χ0) is 19.2. The van der Waals surface area contributed by atoms with Gasteiger partial charge in [-0.3, -0.25) is 14.6 Å². The van der Waals surface area contributed by atoms with Crippen molar-refractivity contribution in [3.05, 3.63) is 53.9 Å². The van der Waals surface area contributed by atoms with Crippen molar-refractivity contribution in [3.8, 4) is 0 Å². The topological polar surface area (TPSA) is 74.3 Å². The van der Waals surface area contributed by atoms with Crippen LogP contribution in [0.1, 0.15) is 42.6 Å². The average molecular weight is 366 g/mol. The van der Waals surface area contributed by atoms with E-state index in [1.54, 1.807) is 18.5 Å². The lowest BCUT2D eigenvalue weighted by molar-refractivity contribution is -0.118. The molecule has 1 aliphatic heterocycles. The monoisotopic (exact) mass is 366 g/mol. The summed E-state index contributed by atoms with van der Waals surface area (Å²) in [5.74, 6) is -0.335. The molecule has 27 heavy (non-hydrogen) atoms. The number of anilines is 2. The molecule has 0 aliphatic carbocycles. The van der Waals surface area contributed by atoms with Gasteiger partial charge in [-0.1, -0.05) is 19.9 Å². The van der Waals surface area contributed by atoms with Gasteiger partial charge in [-0.25, -0.2) is 0 Å².